The molecule has 2 N–H and O–H groups in total. The van der Waals surface area contributed by atoms with E-state index in [1.807, 2.05) is 0 Å². The number of halogens is 1. The molecule has 4 unspecified atom stereocenters. The highest BCUT2D eigenvalue weighted by atomic mass is 79.9. The molecule has 1 nitrogen and oxygen atoms in total. The molecule has 2 bridgehead atoms. The van der Waals surface area contributed by atoms with E-state index in [0.29, 0.717) is 5.92 Å². The van der Waals surface area contributed by atoms with E-state index < -0.39 is 0 Å². The van der Waals surface area contributed by atoms with Gasteiger partial charge in [0, 0.05) is 4.47 Å². The van der Waals surface area contributed by atoms with Crippen molar-refractivity contribution in [1.29, 1.82) is 0 Å². The summed E-state index contributed by atoms with van der Waals surface area (Å²) in [6.07, 6.45) is 5.81. The van der Waals surface area contributed by atoms with E-state index in [4.69, 9.17) is 5.73 Å². The molecule has 1 aromatic rings. The number of hydrogen-bond donors (Lipinski definition) is 1. The molecule has 0 heterocycles. The summed E-state index contributed by atoms with van der Waals surface area (Å²) in [6, 6.07) is 8.78. The number of benzene rings is 1. The highest BCUT2D eigenvalue weighted by Gasteiger charge is 2.42. The Morgan fingerprint density at radius 2 is 1.94 bits per heavy atom. The standard InChI is InChI=1S/C15H20BrN/c16-13-5-3-11(4-6-13)15(9-17)14-8-10-1-2-12(14)7-10/h3-6,10,12,14-15H,1-2,7-9,17H2. The first kappa shape index (κ1) is 11.7. The average Bonchev–Trinajstić information content (AvgIpc) is 2.95. The minimum Gasteiger partial charge on any atom is -0.330 e. The van der Waals surface area contributed by atoms with Crippen molar-refractivity contribution in [1.82, 2.24) is 0 Å². The summed E-state index contributed by atoms with van der Waals surface area (Å²) in [6.45, 7) is 0.801. The van der Waals surface area contributed by atoms with Crippen molar-refractivity contribution in [3.8, 4) is 0 Å². The maximum Gasteiger partial charge on any atom is 0.0175 e. The zero-order valence-electron chi connectivity index (χ0n) is 10.1. The number of nitrogens with two attached hydrogens (primary N) is 1. The zero-order chi connectivity index (χ0) is 11.8. The molecule has 1 aromatic carbocycles. The molecule has 2 aliphatic rings. The molecule has 2 heteroatoms. The minimum atomic E-state index is 0.582. The van der Waals surface area contributed by atoms with E-state index in [-0.39, 0.29) is 0 Å². The van der Waals surface area contributed by atoms with Gasteiger partial charge in [0.1, 0.15) is 0 Å². The summed E-state index contributed by atoms with van der Waals surface area (Å²) in [4.78, 5) is 0. The van der Waals surface area contributed by atoms with Crippen LogP contribution in [0.3, 0.4) is 0 Å². The summed E-state index contributed by atoms with van der Waals surface area (Å²) >= 11 is 3.50. The molecule has 0 saturated heterocycles. The maximum atomic E-state index is 6.04. The molecule has 3 rings (SSSR count). The van der Waals surface area contributed by atoms with E-state index in [9.17, 15) is 0 Å². The molecule has 2 fully saturated rings. The highest BCUT2D eigenvalue weighted by molar-refractivity contribution is 9.10. The van der Waals surface area contributed by atoms with Crippen LogP contribution in [-0.2, 0) is 0 Å². The van der Waals surface area contributed by atoms with E-state index in [2.05, 4.69) is 40.2 Å². The Kier molecular flexibility index (Phi) is 3.27. The summed E-state index contributed by atoms with van der Waals surface area (Å²) in [5, 5.41) is 0. The predicted octanol–water partition coefficient (Wildman–Crippen LogP) is 3.93. The highest BCUT2D eigenvalue weighted by Crippen LogP contribution is 2.53. The summed E-state index contributed by atoms with van der Waals surface area (Å²) < 4.78 is 1.16. The van der Waals surface area contributed by atoms with Crippen LogP contribution in [-0.4, -0.2) is 6.54 Å². The van der Waals surface area contributed by atoms with Crippen molar-refractivity contribution >= 4 is 15.9 Å². The second-order valence-electron chi connectivity index (χ2n) is 5.73. The fraction of sp³-hybridized carbons (Fsp3) is 0.600. The molecule has 0 spiro atoms. The van der Waals surface area contributed by atoms with Crippen LogP contribution in [0.15, 0.2) is 28.7 Å². The molecule has 0 aromatic heterocycles. The fourth-order valence-electron chi connectivity index (χ4n) is 4.05. The average molecular weight is 294 g/mol. The lowest BCUT2D eigenvalue weighted by molar-refractivity contribution is 0.284. The quantitative estimate of drug-likeness (QED) is 0.898. The predicted molar refractivity (Wildman–Crippen MR) is 74.9 cm³/mol. The van der Waals surface area contributed by atoms with Gasteiger partial charge in [-0.1, -0.05) is 34.5 Å². The molecule has 4 atom stereocenters. The largest absolute Gasteiger partial charge is 0.330 e. The Morgan fingerprint density at radius 1 is 1.18 bits per heavy atom. The van der Waals surface area contributed by atoms with Crippen LogP contribution in [0.4, 0.5) is 0 Å². The first-order chi connectivity index (χ1) is 8.28. The van der Waals surface area contributed by atoms with Gasteiger partial charge in [-0.05, 0) is 67.2 Å². The first-order valence-corrected chi connectivity index (χ1v) is 7.52. The van der Waals surface area contributed by atoms with Crippen LogP contribution in [0.1, 0.15) is 37.2 Å². The minimum absolute atomic E-state index is 0.582. The Labute approximate surface area is 112 Å². The van der Waals surface area contributed by atoms with Gasteiger partial charge >= 0.3 is 0 Å². The number of rotatable bonds is 3. The van der Waals surface area contributed by atoms with Crippen molar-refractivity contribution in [3.05, 3.63) is 34.3 Å². The first-order valence-electron chi connectivity index (χ1n) is 6.73. The normalized spacial score (nSPS) is 32.9. The molecule has 2 saturated carbocycles. The van der Waals surface area contributed by atoms with Crippen molar-refractivity contribution in [3.63, 3.8) is 0 Å². The maximum absolute atomic E-state index is 6.04. The zero-order valence-corrected chi connectivity index (χ0v) is 11.7. The molecule has 2 aliphatic carbocycles. The van der Waals surface area contributed by atoms with Crippen LogP contribution in [0.25, 0.3) is 0 Å². The van der Waals surface area contributed by atoms with Crippen LogP contribution in [0, 0.1) is 17.8 Å². The smallest absolute Gasteiger partial charge is 0.0175 e. The van der Waals surface area contributed by atoms with Gasteiger partial charge < -0.3 is 5.73 Å². The third-order valence-electron chi connectivity index (χ3n) is 4.86. The van der Waals surface area contributed by atoms with Crippen LogP contribution < -0.4 is 5.73 Å². The fourth-order valence-corrected chi connectivity index (χ4v) is 4.32. The van der Waals surface area contributed by atoms with E-state index in [1.165, 1.54) is 31.2 Å². The molecular weight excluding hydrogens is 274 g/mol. The number of hydrogen-bond acceptors (Lipinski definition) is 1. The topological polar surface area (TPSA) is 26.0 Å². The van der Waals surface area contributed by atoms with Gasteiger partial charge in [0.25, 0.3) is 0 Å². The monoisotopic (exact) mass is 293 g/mol. The second-order valence-corrected chi connectivity index (χ2v) is 6.65. The van der Waals surface area contributed by atoms with Crippen molar-refractivity contribution in [2.24, 2.45) is 23.5 Å². The third-order valence-corrected chi connectivity index (χ3v) is 5.39. The summed E-state index contributed by atoms with van der Waals surface area (Å²) in [5.41, 5.74) is 7.48. The van der Waals surface area contributed by atoms with E-state index >= 15 is 0 Å². The Bertz CT molecular complexity index is 386. The Morgan fingerprint density at radius 3 is 2.47 bits per heavy atom. The SMILES string of the molecule is NCC(c1ccc(Br)cc1)C1CC2CCC1C2. The molecule has 17 heavy (non-hydrogen) atoms. The molecular formula is C15H20BrN. The molecule has 0 amide bonds. The van der Waals surface area contributed by atoms with Gasteiger partial charge in [-0.3, -0.25) is 0 Å². The van der Waals surface area contributed by atoms with Crippen LogP contribution in [0.2, 0.25) is 0 Å². The molecule has 92 valence electrons. The molecule has 0 aliphatic heterocycles. The van der Waals surface area contributed by atoms with Gasteiger partial charge in [0.15, 0.2) is 0 Å². The summed E-state index contributed by atoms with van der Waals surface area (Å²) in [7, 11) is 0. The van der Waals surface area contributed by atoms with E-state index in [1.54, 1.807) is 0 Å². The Balaban J connectivity index is 1.81. The second kappa shape index (κ2) is 4.74. The Hall–Kier alpha value is -0.340. The van der Waals surface area contributed by atoms with Crippen LogP contribution in [0.5, 0.6) is 0 Å². The van der Waals surface area contributed by atoms with Gasteiger partial charge in [-0.15, -0.1) is 0 Å². The number of fused-ring (bicyclic) bond motifs is 2. The van der Waals surface area contributed by atoms with Gasteiger partial charge in [-0.25, -0.2) is 0 Å². The lowest BCUT2D eigenvalue weighted by Gasteiger charge is -2.30. The van der Waals surface area contributed by atoms with Gasteiger partial charge in [0.05, 0.1) is 0 Å². The third kappa shape index (κ3) is 2.17. The van der Waals surface area contributed by atoms with E-state index in [0.717, 1.165) is 28.8 Å². The molecule has 0 radical (unpaired) electrons. The van der Waals surface area contributed by atoms with Crippen LogP contribution >= 0.6 is 15.9 Å². The lowest BCUT2D eigenvalue weighted by atomic mass is 9.76. The summed E-state index contributed by atoms with van der Waals surface area (Å²) in [5.74, 6) is 3.39. The van der Waals surface area contributed by atoms with Crippen molar-refractivity contribution < 1.29 is 0 Å². The van der Waals surface area contributed by atoms with Crippen molar-refractivity contribution in [2.45, 2.75) is 31.6 Å². The lowest BCUT2D eigenvalue weighted by Crippen LogP contribution is -2.25. The van der Waals surface area contributed by atoms with Gasteiger partial charge in [0.2, 0.25) is 0 Å². The van der Waals surface area contributed by atoms with Crippen molar-refractivity contribution in [2.75, 3.05) is 6.54 Å². The van der Waals surface area contributed by atoms with Gasteiger partial charge in [-0.2, -0.15) is 0 Å².